The van der Waals surface area contributed by atoms with Gasteiger partial charge in [-0.15, -0.1) is 0 Å². The van der Waals surface area contributed by atoms with Gasteiger partial charge in [0.15, 0.2) is 0 Å². The quantitative estimate of drug-likeness (QED) is 0.394. The van der Waals surface area contributed by atoms with Gasteiger partial charge in [0.25, 0.3) is 0 Å². The van der Waals surface area contributed by atoms with Crippen LogP contribution in [0.3, 0.4) is 0 Å². The molecule has 0 saturated carbocycles. The molecule has 0 radical (unpaired) electrons. The first kappa shape index (κ1) is 28.6. The number of halogens is 9. The van der Waals surface area contributed by atoms with Crippen LogP contribution in [0.4, 0.5) is 50.0 Å². The minimum Gasteiger partial charge on any atom is -0.449 e. The van der Waals surface area contributed by atoms with E-state index in [1.54, 1.807) is 13.8 Å². The smallest absolute Gasteiger partial charge is 0.416 e. The van der Waals surface area contributed by atoms with E-state index < -0.39 is 59.9 Å². The van der Waals surface area contributed by atoms with E-state index in [4.69, 9.17) is 4.74 Å². The minimum absolute atomic E-state index is 0.000644. The average Bonchev–Trinajstić information content (AvgIpc) is 2.79. The number of hydrogen-bond donors (Lipinski definition) is 1. The van der Waals surface area contributed by atoms with Crippen molar-refractivity contribution >= 4 is 11.8 Å². The molecule has 1 amide bonds. The summed E-state index contributed by atoms with van der Waals surface area (Å²) < 4.78 is 125. The Hall–Kier alpha value is -2.96. The molecule has 1 heterocycles. The summed E-state index contributed by atoms with van der Waals surface area (Å²) in [5, 5.41) is 2.81. The summed E-state index contributed by atoms with van der Waals surface area (Å²) in [5.74, 6) is 0. The fourth-order valence-electron chi connectivity index (χ4n) is 4.28. The molecule has 0 aromatic heterocycles. The van der Waals surface area contributed by atoms with Crippen LogP contribution in [0.15, 0.2) is 36.4 Å². The molecule has 1 aliphatic heterocycles. The maximum atomic E-state index is 13.4. The Labute approximate surface area is 206 Å². The Morgan fingerprint density at radius 3 is 1.95 bits per heavy atom. The third-order valence-electron chi connectivity index (χ3n) is 6.00. The van der Waals surface area contributed by atoms with Crippen LogP contribution in [0.1, 0.15) is 60.5 Å². The van der Waals surface area contributed by atoms with E-state index in [1.807, 2.05) is 0 Å². The van der Waals surface area contributed by atoms with E-state index in [9.17, 15) is 44.3 Å². The van der Waals surface area contributed by atoms with Gasteiger partial charge in [0, 0.05) is 18.6 Å². The molecule has 2 aromatic rings. The Balaban J connectivity index is 2.03. The Bertz CT molecular complexity index is 1090. The molecule has 3 rings (SSSR count). The SMILES string of the molecule is CCOC(=O)N1c2ccc(C(F)(F)F)cc2C(NCc2cc(C(F)(F)F)cc(C(F)(F)F)c2)CC1CC. The molecule has 0 spiro atoms. The number of amides is 1. The summed E-state index contributed by atoms with van der Waals surface area (Å²) in [5.41, 5.74) is -4.23. The van der Waals surface area contributed by atoms with Gasteiger partial charge >= 0.3 is 24.6 Å². The molecule has 13 heteroatoms. The fourth-order valence-corrected chi connectivity index (χ4v) is 4.28. The van der Waals surface area contributed by atoms with Crippen LogP contribution >= 0.6 is 0 Å². The number of alkyl halides is 9. The number of rotatable bonds is 5. The zero-order chi connectivity index (χ0) is 27.8. The first-order chi connectivity index (χ1) is 17.1. The van der Waals surface area contributed by atoms with Crippen molar-refractivity contribution in [3.63, 3.8) is 0 Å². The van der Waals surface area contributed by atoms with Crippen LogP contribution in [-0.4, -0.2) is 18.7 Å². The molecular weight excluding hydrogens is 519 g/mol. The molecule has 0 fully saturated rings. The molecule has 2 aromatic carbocycles. The second kappa shape index (κ2) is 10.4. The monoisotopic (exact) mass is 542 g/mol. The van der Waals surface area contributed by atoms with Crippen molar-refractivity contribution in [1.29, 1.82) is 0 Å². The van der Waals surface area contributed by atoms with Gasteiger partial charge in [-0.2, -0.15) is 39.5 Å². The lowest BCUT2D eigenvalue weighted by molar-refractivity contribution is -0.143. The highest BCUT2D eigenvalue weighted by Gasteiger charge is 2.40. The molecule has 0 bridgehead atoms. The average molecular weight is 542 g/mol. The molecule has 204 valence electrons. The Kier molecular flexibility index (Phi) is 8.06. The number of hydrogen-bond acceptors (Lipinski definition) is 3. The van der Waals surface area contributed by atoms with Gasteiger partial charge < -0.3 is 10.1 Å². The summed E-state index contributed by atoms with van der Waals surface area (Å²) in [6.07, 6.45) is -15.2. The van der Waals surface area contributed by atoms with Crippen LogP contribution in [0.25, 0.3) is 0 Å². The van der Waals surface area contributed by atoms with Gasteiger partial charge in [0.05, 0.1) is 29.0 Å². The van der Waals surface area contributed by atoms with Gasteiger partial charge in [0.2, 0.25) is 0 Å². The van der Waals surface area contributed by atoms with Gasteiger partial charge in [-0.1, -0.05) is 6.92 Å². The molecule has 1 aliphatic rings. The first-order valence-corrected chi connectivity index (χ1v) is 11.2. The maximum Gasteiger partial charge on any atom is 0.416 e. The zero-order valence-electron chi connectivity index (χ0n) is 19.6. The fraction of sp³-hybridized carbons (Fsp3) is 0.458. The highest BCUT2D eigenvalue weighted by Crippen LogP contribution is 2.42. The molecule has 37 heavy (non-hydrogen) atoms. The number of anilines is 1. The maximum absolute atomic E-state index is 13.4. The molecular formula is C24H23F9N2O2. The van der Waals surface area contributed by atoms with Crippen LogP contribution in [0, 0.1) is 0 Å². The van der Waals surface area contributed by atoms with Crippen molar-refractivity contribution in [2.75, 3.05) is 11.5 Å². The Morgan fingerprint density at radius 2 is 1.46 bits per heavy atom. The zero-order valence-corrected chi connectivity index (χ0v) is 19.6. The van der Waals surface area contributed by atoms with Crippen molar-refractivity contribution in [2.24, 2.45) is 0 Å². The lowest BCUT2D eigenvalue weighted by Gasteiger charge is -2.40. The van der Waals surface area contributed by atoms with Crippen LogP contribution in [0.2, 0.25) is 0 Å². The summed E-state index contributed by atoms with van der Waals surface area (Å²) >= 11 is 0. The van der Waals surface area contributed by atoms with Gasteiger partial charge in [-0.05, 0) is 67.3 Å². The van der Waals surface area contributed by atoms with Crippen molar-refractivity contribution in [3.8, 4) is 0 Å². The number of nitrogens with one attached hydrogen (secondary N) is 1. The van der Waals surface area contributed by atoms with Gasteiger partial charge in [-0.3, -0.25) is 4.90 Å². The number of carbonyl (C=O) groups excluding carboxylic acids is 1. The van der Waals surface area contributed by atoms with Gasteiger partial charge in [-0.25, -0.2) is 4.79 Å². The topological polar surface area (TPSA) is 41.6 Å². The van der Waals surface area contributed by atoms with Crippen LogP contribution in [0.5, 0.6) is 0 Å². The predicted octanol–water partition coefficient (Wildman–Crippen LogP) is 7.72. The van der Waals surface area contributed by atoms with Crippen molar-refractivity contribution in [3.05, 3.63) is 64.2 Å². The van der Waals surface area contributed by atoms with Gasteiger partial charge in [0.1, 0.15) is 0 Å². The van der Waals surface area contributed by atoms with E-state index in [0.717, 1.165) is 18.2 Å². The number of benzene rings is 2. The summed E-state index contributed by atoms with van der Waals surface area (Å²) in [7, 11) is 0. The number of fused-ring (bicyclic) bond motifs is 1. The normalized spacial score (nSPS) is 18.5. The van der Waals surface area contributed by atoms with Crippen LogP contribution in [-0.2, 0) is 29.8 Å². The first-order valence-electron chi connectivity index (χ1n) is 11.2. The molecule has 0 aliphatic carbocycles. The molecule has 2 unspecified atom stereocenters. The number of nitrogens with zero attached hydrogens (tertiary/aromatic N) is 1. The standard InChI is InChI=1S/C24H23F9N2O2/c1-3-17-11-19(34-12-13-7-15(23(28,29)30)9-16(8-13)24(31,32)33)18-10-14(22(25,26)27)5-6-20(18)35(17)21(36)37-4-2/h5-10,17,19,34H,3-4,11-12H2,1-2H3. The van der Waals surface area contributed by atoms with E-state index in [0.29, 0.717) is 18.6 Å². The molecule has 1 N–H and O–H groups in total. The Morgan fingerprint density at radius 1 is 0.892 bits per heavy atom. The third-order valence-corrected chi connectivity index (χ3v) is 6.00. The third kappa shape index (κ3) is 6.49. The predicted molar refractivity (Wildman–Crippen MR) is 116 cm³/mol. The van der Waals surface area contributed by atoms with Crippen LogP contribution < -0.4 is 10.2 Å². The summed E-state index contributed by atoms with van der Waals surface area (Å²) in [6, 6.07) is 2.38. The number of carbonyl (C=O) groups is 1. The summed E-state index contributed by atoms with van der Waals surface area (Å²) in [6.45, 7) is 2.81. The lowest BCUT2D eigenvalue weighted by atomic mass is 9.88. The second-order valence-corrected chi connectivity index (χ2v) is 8.49. The van der Waals surface area contributed by atoms with E-state index >= 15 is 0 Å². The second-order valence-electron chi connectivity index (χ2n) is 8.49. The van der Waals surface area contributed by atoms with E-state index in [2.05, 4.69) is 5.32 Å². The molecule has 2 atom stereocenters. The van der Waals surface area contributed by atoms with Crippen molar-refractivity contribution in [1.82, 2.24) is 5.32 Å². The molecule has 4 nitrogen and oxygen atoms in total. The van der Waals surface area contributed by atoms with E-state index in [1.165, 1.54) is 4.90 Å². The minimum atomic E-state index is -5.04. The summed E-state index contributed by atoms with van der Waals surface area (Å²) in [4.78, 5) is 13.8. The highest BCUT2D eigenvalue weighted by molar-refractivity contribution is 5.90. The molecule has 0 saturated heterocycles. The lowest BCUT2D eigenvalue weighted by Crippen LogP contribution is -2.47. The number of ether oxygens (including phenoxy) is 1. The van der Waals surface area contributed by atoms with Crippen molar-refractivity contribution in [2.45, 2.75) is 63.8 Å². The van der Waals surface area contributed by atoms with Crippen molar-refractivity contribution < 1.29 is 49.0 Å². The largest absolute Gasteiger partial charge is 0.449 e. The van der Waals surface area contributed by atoms with E-state index in [-0.39, 0.29) is 35.9 Å². The highest BCUT2D eigenvalue weighted by atomic mass is 19.4.